The molecule has 0 bridgehead atoms. The van der Waals surface area contributed by atoms with Gasteiger partial charge in [0.1, 0.15) is 0 Å². The lowest BCUT2D eigenvalue weighted by atomic mass is 9.88. The minimum atomic E-state index is -0.0513. The van der Waals surface area contributed by atoms with Gasteiger partial charge >= 0.3 is 0 Å². The van der Waals surface area contributed by atoms with Crippen LogP contribution < -0.4 is 5.32 Å². The third kappa shape index (κ3) is 3.78. The smallest absolute Gasteiger partial charge is 0.0944 e. The molecule has 3 heteroatoms. The molecule has 43 heavy (non-hydrogen) atoms. The SMILES string of the molecule is C1=CC2=NC(c3ccccc3)=C(c3ccccc3)NC2C=C1n1c2c(c3ccc4ccccc4c31)CCc1ccccc1-2. The molecular formula is C40H29N3. The van der Waals surface area contributed by atoms with Crippen LogP contribution in [0.4, 0.5) is 0 Å². The number of hydrogen-bond acceptors (Lipinski definition) is 2. The number of allylic oxidation sites excluding steroid dienone is 2. The van der Waals surface area contributed by atoms with Crippen molar-refractivity contribution in [1.82, 2.24) is 9.88 Å². The zero-order chi connectivity index (χ0) is 28.3. The van der Waals surface area contributed by atoms with E-state index in [-0.39, 0.29) is 6.04 Å². The lowest BCUT2D eigenvalue weighted by Gasteiger charge is -2.30. The van der Waals surface area contributed by atoms with Crippen LogP contribution in [0.2, 0.25) is 0 Å². The lowest BCUT2D eigenvalue weighted by Crippen LogP contribution is -2.38. The van der Waals surface area contributed by atoms with Crippen LogP contribution >= 0.6 is 0 Å². The average Bonchev–Trinajstić information content (AvgIpc) is 3.44. The first-order valence-corrected chi connectivity index (χ1v) is 15.1. The summed E-state index contributed by atoms with van der Waals surface area (Å²) in [4.78, 5) is 5.28. The number of fused-ring (bicyclic) bond motifs is 8. The van der Waals surface area contributed by atoms with Crippen LogP contribution in [0.3, 0.4) is 0 Å². The van der Waals surface area contributed by atoms with Crippen molar-refractivity contribution >= 4 is 44.5 Å². The van der Waals surface area contributed by atoms with Gasteiger partial charge in [0.15, 0.2) is 0 Å². The lowest BCUT2D eigenvalue weighted by molar-refractivity contribution is 0.877. The van der Waals surface area contributed by atoms with Crippen molar-refractivity contribution in [3.8, 4) is 11.3 Å². The molecule has 0 amide bonds. The van der Waals surface area contributed by atoms with E-state index in [4.69, 9.17) is 4.99 Å². The van der Waals surface area contributed by atoms with Gasteiger partial charge in [-0.3, -0.25) is 0 Å². The first kappa shape index (κ1) is 24.2. The Kier molecular flexibility index (Phi) is 5.39. The fraction of sp³-hybridized carbons (Fsp3) is 0.0750. The highest BCUT2D eigenvalue weighted by atomic mass is 15.1. The summed E-state index contributed by atoms with van der Waals surface area (Å²) >= 11 is 0. The van der Waals surface area contributed by atoms with E-state index in [0.29, 0.717) is 0 Å². The molecule has 0 saturated carbocycles. The van der Waals surface area contributed by atoms with Crippen molar-refractivity contribution in [2.75, 3.05) is 0 Å². The number of aliphatic imine (C=N–C) groups is 1. The summed E-state index contributed by atoms with van der Waals surface area (Å²) in [6, 6.07) is 43.3. The highest BCUT2D eigenvalue weighted by Crippen LogP contribution is 2.44. The van der Waals surface area contributed by atoms with Crippen LogP contribution in [0.1, 0.15) is 22.3 Å². The van der Waals surface area contributed by atoms with E-state index in [1.165, 1.54) is 49.8 Å². The van der Waals surface area contributed by atoms with Crippen molar-refractivity contribution in [1.29, 1.82) is 0 Å². The average molecular weight is 552 g/mol. The largest absolute Gasteiger partial charge is 0.371 e. The molecule has 1 aliphatic heterocycles. The Balaban J connectivity index is 1.26. The third-order valence-corrected chi connectivity index (χ3v) is 9.10. The van der Waals surface area contributed by atoms with Crippen LogP contribution in [0.15, 0.2) is 145 Å². The third-order valence-electron chi connectivity index (χ3n) is 9.10. The highest BCUT2D eigenvalue weighted by Gasteiger charge is 2.30. The van der Waals surface area contributed by atoms with Gasteiger partial charge in [0, 0.05) is 27.6 Å². The molecule has 0 saturated heterocycles. The Morgan fingerprint density at radius 3 is 2.26 bits per heavy atom. The second-order valence-electron chi connectivity index (χ2n) is 11.5. The van der Waals surface area contributed by atoms with Crippen LogP contribution in [-0.4, -0.2) is 16.3 Å². The monoisotopic (exact) mass is 551 g/mol. The Hall–Kier alpha value is -5.41. The molecule has 0 spiro atoms. The van der Waals surface area contributed by atoms with E-state index in [1.807, 2.05) is 0 Å². The summed E-state index contributed by atoms with van der Waals surface area (Å²) in [6.45, 7) is 0. The van der Waals surface area contributed by atoms with Gasteiger partial charge in [0.25, 0.3) is 0 Å². The van der Waals surface area contributed by atoms with Crippen molar-refractivity contribution in [2.24, 2.45) is 4.99 Å². The van der Waals surface area contributed by atoms with Crippen LogP contribution in [-0.2, 0) is 12.8 Å². The van der Waals surface area contributed by atoms with Crippen LogP contribution in [0.25, 0.3) is 50.0 Å². The van der Waals surface area contributed by atoms with Gasteiger partial charge in [-0.25, -0.2) is 4.99 Å². The van der Waals surface area contributed by atoms with Gasteiger partial charge in [0.2, 0.25) is 0 Å². The molecule has 5 aromatic carbocycles. The number of rotatable bonds is 3. The predicted molar refractivity (Wildman–Crippen MR) is 180 cm³/mol. The molecule has 204 valence electrons. The predicted octanol–water partition coefficient (Wildman–Crippen LogP) is 8.91. The molecule has 2 heterocycles. The zero-order valence-electron chi connectivity index (χ0n) is 23.7. The maximum Gasteiger partial charge on any atom is 0.0944 e. The summed E-state index contributed by atoms with van der Waals surface area (Å²) < 4.78 is 2.53. The van der Waals surface area contributed by atoms with E-state index in [1.54, 1.807) is 0 Å². The van der Waals surface area contributed by atoms with E-state index in [2.05, 4.69) is 149 Å². The summed E-state index contributed by atoms with van der Waals surface area (Å²) in [6.07, 6.45) is 8.93. The minimum absolute atomic E-state index is 0.0513. The molecule has 2 aliphatic carbocycles. The van der Waals surface area contributed by atoms with Gasteiger partial charge in [-0.05, 0) is 53.1 Å². The van der Waals surface area contributed by atoms with Crippen LogP contribution in [0.5, 0.6) is 0 Å². The van der Waals surface area contributed by atoms with Crippen molar-refractivity contribution < 1.29 is 0 Å². The molecule has 1 aromatic heterocycles. The molecule has 6 aromatic rings. The Morgan fingerprint density at radius 1 is 0.651 bits per heavy atom. The Bertz CT molecular complexity index is 2190. The summed E-state index contributed by atoms with van der Waals surface area (Å²) in [5.74, 6) is 0. The summed E-state index contributed by atoms with van der Waals surface area (Å²) in [5.41, 5.74) is 13.3. The second-order valence-corrected chi connectivity index (χ2v) is 11.5. The standard InChI is InChI=1S/C40H29N3/c1-3-13-28(14-4-1)37-38(29-15-5-2-6-16-29)42-36-25-30(21-24-35(36)41-37)43-39-31-17-9-7-11-26(31)19-22-33(39)34-23-20-27-12-8-10-18-32(27)40(34)43/h1-19,21-22,24-25,36,42H,20,23H2. The minimum Gasteiger partial charge on any atom is -0.371 e. The molecular weight excluding hydrogens is 522 g/mol. The first-order valence-electron chi connectivity index (χ1n) is 15.1. The number of hydrogen-bond donors (Lipinski definition) is 1. The molecule has 1 unspecified atom stereocenters. The molecule has 0 radical (unpaired) electrons. The highest BCUT2D eigenvalue weighted by molar-refractivity contribution is 6.15. The molecule has 0 fully saturated rings. The first-order chi connectivity index (χ1) is 21.3. The van der Waals surface area contributed by atoms with Crippen LogP contribution in [0, 0.1) is 0 Å². The maximum atomic E-state index is 5.28. The Labute approximate surface area is 250 Å². The van der Waals surface area contributed by atoms with Gasteiger partial charge in [-0.1, -0.05) is 121 Å². The molecule has 3 nitrogen and oxygen atoms in total. The zero-order valence-corrected chi connectivity index (χ0v) is 23.7. The van der Waals surface area contributed by atoms with Crippen molar-refractivity contribution in [3.05, 3.63) is 162 Å². The fourth-order valence-electron chi connectivity index (χ4n) is 7.13. The number of nitrogens with zero attached hydrogens (tertiary/aromatic N) is 2. The fourth-order valence-corrected chi connectivity index (χ4v) is 7.13. The molecule has 3 aliphatic rings. The number of aromatic nitrogens is 1. The Morgan fingerprint density at radius 2 is 1.40 bits per heavy atom. The van der Waals surface area contributed by atoms with E-state index in [0.717, 1.165) is 41.1 Å². The summed E-state index contributed by atoms with van der Waals surface area (Å²) in [5, 5.41) is 7.81. The van der Waals surface area contributed by atoms with Gasteiger partial charge in [0.05, 0.1) is 34.4 Å². The molecule has 1 N–H and O–H groups in total. The normalized spacial score (nSPS) is 17.2. The second kappa shape index (κ2) is 9.57. The van der Waals surface area contributed by atoms with Gasteiger partial charge in [-0.15, -0.1) is 0 Å². The van der Waals surface area contributed by atoms with Crippen molar-refractivity contribution in [3.63, 3.8) is 0 Å². The van der Waals surface area contributed by atoms with E-state index < -0.39 is 0 Å². The van der Waals surface area contributed by atoms with Gasteiger partial charge in [-0.2, -0.15) is 0 Å². The number of benzene rings is 5. The van der Waals surface area contributed by atoms with E-state index in [9.17, 15) is 0 Å². The van der Waals surface area contributed by atoms with Gasteiger partial charge < -0.3 is 9.88 Å². The maximum absolute atomic E-state index is 5.28. The quantitative estimate of drug-likeness (QED) is 0.234. The molecule has 1 atom stereocenters. The topological polar surface area (TPSA) is 29.3 Å². The summed E-state index contributed by atoms with van der Waals surface area (Å²) in [7, 11) is 0. The molecule has 9 rings (SSSR count). The van der Waals surface area contributed by atoms with Crippen molar-refractivity contribution in [2.45, 2.75) is 18.9 Å². The van der Waals surface area contributed by atoms with E-state index >= 15 is 0 Å². The number of aryl methyl sites for hydroxylation is 2. The number of nitrogens with one attached hydrogen (secondary N) is 1.